The zero-order valence-electron chi connectivity index (χ0n) is 11.9. The lowest BCUT2D eigenvalue weighted by atomic mass is 10.0. The molecule has 1 aliphatic heterocycles. The van der Waals surface area contributed by atoms with E-state index in [-0.39, 0.29) is 11.4 Å². The quantitative estimate of drug-likeness (QED) is 0.787. The summed E-state index contributed by atoms with van der Waals surface area (Å²) in [6.45, 7) is 6.79. The first-order chi connectivity index (χ1) is 9.04. The molecule has 1 aliphatic rings. The zero-order chi connectivity index (χ0) is 14.4. The number of aliphatic carboxylic acids is 1. The van der Waals surface area contributed by atoms with Crippen LogP contribution in [0.15, 0.2) is 0 Å². The minimum atomic E-state index is -0.916. The van der Waals surface area contributed by atoms with Crippen LogP contribution in [0, 0.1) is 5.92 Å². The number of carboxylic acids is 1. The summed E-state index contributed by atoms with van der Waals surface area (Å²) in [5, 5.41) is 12.0. The molecule has 2 amide bonds. The third-order valence-corrected chi connectivity index (χ3v) is 5.11. The Hall–Kier alpha value is -0.910. The standard InChI is InChI=1S/C13H24N2O3S/c1-4-9(5-2)7-14-13(18)15-10(12(16)17)8-19-11(15)6-3/h9-11H,4-8H2,1-3H3,(H,14,18)(H,16,17). The van der Waals surface area contributed by atoms with Gasteiger partial charge in [-0.1, -0.05) is 33.6 Å². The van der Waals surface area contributed by atoms with Crippen LogP contribution in [0.2, 0.25) is 0 Å². The van der Waals surface area contributed by atoms with Crippen LogP contribution in [-0.2, 0) is 4.79 Å². The molecule has 0 radical (unpaired) electrons. The van der Waals surface area contributed by atoms with E-state index in [4.69, 9.17) is 0 Å². The van der Waals surface area contributed by atoms with Crippen LogP contribution in [0.1, 0.15) is 40.0 Å². The van der Waals surface area contributed by atoms with Crippen LogP contribution in [-0.4, -0.2) is 45.7 Å². The fourth-order valence-corrected chi connectivity index (χ4v) is 3.59. The van der Waals surface area contributed by atoms with Crippen LogP contribution < -0.4 is 5.32 Å². The fourth-order valence-electron chi connectivity index (χ4n) is 2.24. The summed E-state index contributed by atoms with van der Waals surface area (Å²) >= 11 is 1.55. The first kappa shape index (κ1) is 16.1. The normalized spacial score (nSPS) is 22.8. The van der Waals surface area contributed by atoms with E-state index in [1.54, 1.807) is 11.8 Å². The van der Waals surface area contributed by atoms with Gasteiger partial charge in [-0.05, 0) is 12.3 Å². The lowest BCUT2D eigenvalue weighted by molar-refractivity contribution is -0.141. The molecule has 1 saturated heterocycles. The molecular weight excluding hydrogens is 264 g/mol. The lowest BCUT2D eigenvalue weighted by Crippen LogP contribution is -2.50. The maximum absolute atomic E-state index is 12.2. The fraction of sp³-hybridized carbons (Fsp3) is 0.846. The Morgan fingerprint density at radius 3 is 2.47 bits per heavy atom. The van der Waals surface area contributed by atoms with E-state index in [0.717, 1.165) is 19.3 Å². The molecule has 2 atom stereocenters. The zero-order valence-corrected chi connectivity index (χ0v) is 12.7. The van der Waals surface area contributed by atoms with Crippen molar-refractivity contribution in [2.45, 2.75) is 51.4 Å². The second-order valence-corrected chi connectivity index (χ2v) is 6.04. The first-order valence-corrected chi connectivity index (χ1v) is 8.00. The van der Waals surface area contributed by atoms with Crippen molar-refractivity contribution in [2.24, 2.45) is 5.92 Å². The van der Waals surface area contributed by atoms with Gasteiger partial charge < -0.3 is 10.4 Å². The van der Waals surface area contributed by atoms with Crippen molar-refractivity contribution < 1.29 is 14.7 Å². The van der Waals surface area contributed by atoms with Gasteiger partial charge in [0.25, 0.3) is 0 Å². The number of hydrogen-bond acceptors (Lipinski definition) is 3. The number of nitrogens with zero attached hydrogens (tertiary/aromatic N) is 1. The van der Waals surface area contributed by atoms with Gasteiger partial charge in [0.05, 0.1) is 5.37 Å². The molecule has 2 unspecified atom stereocenters. The SMILES string of the molecule is CCC(CC)CNC(=O)N1C(CC)SCC1C(=O)O. The monoisotopic (exact) mass is 288 g/mol. The van der Waals surface area contributed by atoms with Crippen LogP contribution >= 0.6 is 11.8 Å². The molecule has 0 spiro atoms. The summed E-state index contributed by atoms with van der Waals surface area (Å²) in [4.78, 5) is 24.9. The molecule has 0 bridgehead atoms. The molecule has 0 aromatic rings. The third-order valence-electron chi connectivity index (χ3n) is 3.66. The molecule has 1 heterocycles. The second kappa shape index (κ2) is 7.62. The number of thioether (sulfide) groups is 1. The summed E-state index contributed by atoms with van der Waals surface area (Å²) in [5.74, 6) is 0.0235. The maximum atomic E-state index is 12.2. The molecule has 1 rings (SSSR count). The second-order valence-electron chi connectivity index (χ2n) is 4.83. The van der Waals surface area contributed by atoms with E-state index >= 15 is 0 Å². The smallest absolute Gasteiger partial charge is 0.327 e. The van der Waals surface area contributed by atoms with E-state index in [1.807, 2.05) is 6.92 Å². The van der Waals surface area contributed by atoms with Crippen molar-refractivity contribution in [3.63, 3.8) is 0 Å². The molecule has 0 saturated carbocycles. The summed E-state index contributed by atoms with van der Waals surface area (Å²) in [5.41, 5.74) is 0. The van der Waals surface area contributed by atoms with E-state index in [1.165, 1.54) is 4.90 Å². The minimum absolute atomic E-state index is 0.0252. The average Bonchev–Trinajstić information content (AvgIpc) is 2.83. The van der Waals surface area contributed by atoms with Crippen molar-refractivity contribution in [3.8, 4) is 0 Å². The van der Waals surface area contributed by atoms with Gasteiger partial charge >= 0.3 is 12.0 Å². The Balaban J connectivity index is 2.63. The van der Waals surface area contributed by atoms with Crippen molar-refractivity contribution in [3.05, 3.63) is 0 Å². The van der Waals surface area contributed by atoms with Crippen LogP contribution in [0.5, 0.6) is 0 Å². The van der Waals surface area contributed by atoms with Gasteiger partial charge in [-0.3, -0.25) is 4.90 Å². The number of carbonyl (C=O) groups is 2. The van der Waals surface area contributed by atoms with E-state index in [2.05, 4.69) is 19.2 Å². The first-order valence-electron chi connectivity index (χ1n) is 6.95. The summed E-state index contributed by atoms with van der Waals surface area (Å²) < 4.78 is 0. The molecular formula is C13H24N2O3S. The van der Waals surface area contributed by atoms with Gasteiger partial charge in [-0.2, -0.15) is 0 Å². The number of rotatable bonds is 6. The molecule has 0 aromatic carbocycles. The highest BCUT2D eigenvalue weighted by Gasteiger charge is 2.40. The van der Waals surface area contributed by atoms with Gasteiger partial charge in [-0.15, -0.1) is 11.8 Å². The molecule has 6 heteroatoms. The highest BCUT2D eigenvalue weighted by atomic mass is 32.2. The highest BCUT2D eigenvalue weighted by Crippen LogP contribution is 2.31. The van der Waals surface area contributed by atoms with Gasteiger partial charge in [0.1, 0.15) is 6.04 Å². The van der Waals surface area contributed by atoms with Crippen molar-refractivity contribution in [1.82, 2.24) is 10.2 Å². The molecule has 5 nitrogen and oxygen atoms in total. The van der Waals surface area contributed by atoms with E-state index in [0.29, 0.717) is 18.2 Å². The predicted octanol–water partition coefficient (Wildman–Crippen LogP) is 2.37. The Morgan fingerprint density at radius 2 is 2.00 bits per heavy atom. The summed E-state index contributed by atoms with van der Waals surface area (Å²) in [6, 6.07) is -0.937. The van der Waals surface area contributed by atoms with E-state index < -0.39 is 12.0 Å². The lowest BCUT2D eigenvalue weighted by Gasteiger charge is -2.27. The van der Waals surface area contributed by atoms with Crippen molar-refractivity contribution >= 4 is 23.8 Å². The van der Waals surface area contributed by atoms with Crippen LogP contribution in [0.25, 0.3) is 0 Å². The van der Waals surface area contributed by atoms with Gasteiger partial charge in [-0.25, -0.2) is 9.59 Å². The Bertz CT molecular complexity index is 321. The number of amides is 2. The minimum Gasteiger partial charge on any atom is -0.480 e. The molecule has 2 N–H and O–H groups in total. The van der Waals surface area contributed by atoms with Gasteiger partial charge in [0.2, 0.25) is 0 Å². The van der Waals surface area contributed by atoms with Crippen molar-refractivity contribution in [2.75, 3.05) is 12.3 Å². The number of carboxylic acid groups (broad SMARTS) is 1. The van der Waals surface area contributed by atoms with Crippen molar-refractivity contribution in [1.29, 1.82) is 0 Å². The van der Waals surface area contributed by atoms with E-state index in [9.17, 15) is 14.7 Å². The molecule has 0 aliphatic carbocycles. The Morgan fingerprint density at radius 1 is 1.37 bits per heavy atom. The highest BCUT2D eigenvalue weighted by molar-refractivity contribution is 8.00. The average molecular weight is 288 g/mol. The maximum Gasteiger partial charge on any atom is 0.327 e. The number of urea groups is 1. The Kier molecular flexibility index (Phi) is 6.48. The largest absolute Gasteiger partial charge is 0.480 e. The summed E-state index contributed by atoms with van der Waals surface area (Å²) in [7, 11) is 0. The Labute approximate surface area is 119 Å². The molecule has 19 heavy (non-hydrogen) atoms. The topological polar surface area (TPSA) is 69.6 Å². The molecule has 110 valence electrons. The number of nitrogens with one attached hydrogen (secondary N) is 1. The third kappa shape index (κ3) is 4.03. The predicted molar refractivity (Wildman–Crippen MR) is 77.3 cm³/mol. The molecule has 0 aromatic heterocycles. The van der Waals surface area contributed by atoms with Crippen LogP contribution in [0.4, 0.5) is 4.79 Å². The number of carbonyl (C=O) groups excluding carboxylic acids is 1. The molecule has 1 fully saturated rings. The van der Waals surface area contributed by atoms with Gasteiger partial charge in [0, 0.05) is 12.3 Å². The summed E-state index contributed by atoms with van der Waals surface area (Å²) in [6.07, 6.45) is 2.81. The van der Waals surface area contributed by atoms with Gasteiger partial charge in [0.15, 0.2) is 0 Å². The number of hydrogen-bond donors (Lipinski definition) is 2. The van der Waals surface area contributed by atoms with Crippen LogP contribution in [0.3, 0.4) is 0 Å².